The Labute approximate surface area is 102 Å². The molecule has 0 bridgehead atoms. The molecule has 0 saturated carbocycles. The third-order valence-electron chi connectivity index (χ3n) is 2.94. The largest absolute Gasteiger partial charge is 0.393 e. The van der Waals surface area contributed by atoms with Crippen LogP contribution in [0.4, 0.5) is 0 Å². The fourth-order valence-electron chi connectivity index (χ4n) is 1.83. The maximum Gasteiger partial charge on any atom is 0.0574 e. The van der Waals surface area contributed by atoms with Crippen LogP contribution < -0.4 is 0 Å². The van der Waals surface area contributed by atoms with Crippen molar-refractivity contribution in [2.45, 2.75) is 84.7 Å². The van der Waals surface area contributed by atoms with E-state index in [1.54, 1.807) is 0 Å². The van der Waals surface area contributed by atoms with Gasteiger partial charge in [-0.2, -0.15) is 0 Å². The summed E-state index contributed by atoms with van der Waals surface area (Å²) in [6.45, 7) is 6.42. The van der Waals surface area contributed by atoms with Crippen LogP contribution in [0.5, 0.6) is 0 Å². The summed E-state index contributed by atoms with van der Waals surface area (Å²) in [6.07, 6.45) is 13.1. The van der Waals surface area contributed by atoms with Crippen molar-refractivity contribution < 1.29 is 5.11 Å². The van der Waals surface area contributed by atoms with Crippen molar-refractivity contribution in [3.63, 3.8) is 0 Å². The van der Waals surface area contributed by atoms with Gasteiger partial charge in [0.25, 0.3) is 0 Å². The van der Waals surface area contributed by atoms with Gasteiger partial charge in [0.15, 0.2) is 0 Å². The Morgan fingerprint density at radius 3 is 2.12 bits per heavy atom. The second kappa shape index (κ2) is 11.2. The Kier molecular flexibility index (Phi) is 11.0. The lowest BCUT2D eigenvalue weighted by molar-refractivity contribution is 0.163. The number of unbranched alkanes of at least 4 members (excludes halogenated alkanes) is 6. The summed E-state index contributed by atoms with van der Waals surface area (Å²) in [5.41, 5.74) is 1.30. The van der Waals surface area contributed by atoms with Crippen molar-refractivity contribution in [1.82, 2.24) is 0 Å². The molecule has 96 valence electrons. The molecule has 0 radical (unpaired) electrons. The summed E-state index contributed by atoms with van der Waals surface area (Å²) < 4.78 is 0. The molecule has 0 saturated heterocycles. The van der Waals surface area contributed by atoms with Crippen molar-refractivity contribution in [3.8, 4) is 0 Å². The second-order valence-electron chi connectivity index (χ2n) is 5.08. The van der Waals surface area contributed by atoms with Gasteiger partial charge in [-0.1, -0.05) is 63.5 Å². The van der Waals surface area contributed by atoms with Crippen LogP contribution in [0, 0.1) is 0 Å². The van der Waals surface area contributed by atoms with E-state index in [9.17, 15) is 5.11 Å². The molecule has 0 heterocycles. The lowest BCUT2D eigenvalue weighted by atomic mass is 10.0. The van der Waals surface area contributed by atoms with E-state index in [2.05, 4.69) is 26.8 Å². The van der Waals surface area contributed by atoms with Gasteiger partial charge in [0, 0.05) is 0 Å². The molecule has 0 aromatic carbocycles. The number of hydrogen-bond donors (Lipinski definition) is 1. The molecule has 0 aliphatic rings. The summed E-state index contributed by atoms with van der Waals surface area (Å²) in [7, 11) is 0. The number of aliphatic hydroxyl groups is 1. The van der Waals surface area contributed by atoms with Crippen molar-refractivity contribution in [3.05, 3.63) is 11.6 Å². The Morgan fingerprint density at radius 2 is 1.56 bits per heavy atom. The van der Waals surface area contributed by atoms with E-state index >= 15 is 0 Å². The smallest absolute Gasteiger partial charge is 0.0574 e. The van der Waals surface area contributed by atoms with Crippen LogP contribution in [0.2, 0.25) is 0 Å². The number of allylic oxidation sites excluding steroid dienone is 1. The average Bonchev–Trinajstić information content (AvgIpc) is 2.25. The first-order valence-corrected chi connectivity index (χ1v) is 6.98. The van der Waals surface area contributed by atoms with E-state index in [4.69, 9.17) is 0 Å². The lowest BCUT2D eigenvalue weighted by Gasteiger charge is -2.07. The summed E-state index contributed by atoms with van der Waals surface area (Å²) >= 11 is 0. The van der Waals surface area contributed by atoms with Crippen LogP contribution in [0.25, 0.3) is 0 Å². The van der Waals surface area contributed by atoms with Crippen LogP contribution >= 0.6 is 0 Å². The highest BCUT2D eigenvalue weighted by Gasteiger charge is 2.01. The maximum atomic E-state index is 9.69. The first kappa shape index (κ1) is 15.7. The molecule has 0 rings (SSSR count). The number of rotatable bonds is 10. The summed E-state index contributed by atoms with van der Waals surface area (Å²) in [6, 6.07) is 0. The van der Waals surface area contributed by atoms with Gasteiger partial charge in [0.05, 0.1) is 6.10 Å². The van der Waals surface area contributed by atoms with Gasteiger partial charge in [0.2, 0.25) is 0 Å². The zero-order valence-electron chi connectivity index (χ0n) is 11.5. The van der Waals surface area contributed by atoms with Crippen molar-refractivity contribution in [1.29, 1.82) is 0 Å². The molecule has 0 aliphatic carbocycles. The highest BCUT2D eigenvalue weighted by molar-refractivity contribution is 4.94. The van der Waals surface area contributed by atoms with Gasteiger partial charge in [-0.05, 0) is 26.7 Å². The molecule has 0 fully saturated rings. The normalized spacial score (nSPS) is 12.5. The molecular weight excluding hydrogens is 196 g/mol. The van der Waals surface area contributed by atoms with Gasteiger partial charge in [0.1, 0.15) is 0 Å². The molecule has 0 spiro atoms. The molecule has 0 aliphatic heterocycles. The SMILES string of the molecule is CCCCCCCCCC(O)CC=C(C)C. The molecule has 1 unspecified atom stereocenters. The Bertz CT molecular complexity index is 168. The van der Waals surface area contributed by atoms with Gasteiger partial charge in [-0.3, -0.25) is 0 Å². The molecule has 1 nitrogen and oxygen atoms in total. The standard InChI is InChI=1S/C15H30O/c1-4-5-6-7-8-9-10-11-15(16)13-12-14(2)3/h12,15-16H,4-11,13H2,1-3H3. The van der Waals surface area contributed by atoms with Gasteiger partial charge in [-0.15, -0.1) is 0 Å². The fourth-order valence-corrected chi connectivity index (χ4v) is 1.83. The van der Waals surface area contributed by atoms with E-state index in [1.807, 2.05) is 0 Å². The zero-order valence-corrected chi connectivity index (χ0v) is 11.5. The molecular formula is C15H30O. The fraction of sp³-hybridized carbons (Fsp3) is 0.867. The predicted molar refractivity (Wildman–Crippen MR) is 72.7 cm³/mol. The summed E-state index contributed by atoms with van der Waals surface area (Å²) in [5, 5.41) is 9.69. The Hall–Kier alpha value is -0.300. The summed E-state index contributed by atoms with van der Waals surface area (Å²) in [5.74, 6) is 0. The second-order valence-corrected chi connectivity index (χ2v) is 5.08. The van der Waals surface area contributed by atoms with E-state index in [1.165, 1.54) is 50.5 Å². The van der Waals surface area contributed by atoms with Gasteiger partial charge in [-0.25, -0.2) is 0 Å². The number of hydrogen-bond acceptors (Lipinski definition) is 1. The molecule has 1 heteroatoms. The van der Waals surface area contributed by atoms with Crippen LogP contribution in [0.3, 0.4) is 0 Å². The molecule has 0 amide bonds. The van der Waals surface area contributed by atoms with Crippen molar-refractivity contribution in [2.24, 2.45) is 0 Å². The topological polar surface area (TPSA) is 20.2 Å². The van der Waals surface area contributed by atoms with Gasteiger partial charge < -0.3 is 5.11 Å². The third kappa shape index (κ3) is 11.8. The molecule has 1 atom stereocenters. The van der Waals surface area contributed by atoms with E-state index in [-0.39, 0.29) is 6.10 Å². The monoisotopic (exact) mass is 226 g/mol. The molecule has 16 heavy (non-hydrogen) atoms. The average molecular weight is 226 g/mol. The first-order valence-electron chi connectivity index (χ1n) is 6.98. The van der Waals surface area contributed by atoms with Crippen molar-refractivity contribution >= 4 is 0 Å². The van der Waals surface area contributed by atoms with E-state index < -0.39 is 0 Å². The Morgan fingerprint density at radius 1 is 1.00 bits per heavy atom. The molecule has 0 aromatic rings. The van der Waals surface area contributed by atoms with E-state index in [0.29, 0.717) is 0 Å². The van der Waals surface area contributed by atoms with Crippen molar-refractivity contribution in [2.75, 3.05) is 0 Å². The van der Waals surface area contributed by atoms with Crippen LogP contribution in [0.1, 0.15) is 78.6 Å². The highest BCUT2D eigenvalue weighted by atomic mass is 16.3. The summed E-state index contributed by atoms with van der Waals surface area (Å²) in [4.78, 5) is 0. The quantitative estimate of drug-likeness (QED) is 0.417. The van der Waals surface area contributed by atoms with Crippen LogP contribution in [-0.4, -0.2) is 11.2 Å². The van der Waals surface area contributed by atoms with Crippen LogP contribution in [-0.2, 0) is 0 Å². The minimum atomic E-state index is -0.120. The van der Waals surface area contributed by atoms with Crippen LogP contribution in [0.15, 0.2) is 11.6 Å². The highest BCUT2D eigenvalue weighted by Crippen LogP contribution is 2.11. The maximum absolute atomic E-state index is 9.69. The lowest BCUT2D eigenvalue weighted by Crippen LogP contribution is -2.04. The molecule has 0 aromatic heterocycles. The van der Waals surface area contributed by atoms with Gasteiger partial charge >= 0.3 is 0 Å². The third-order valence-corrected chi connectivity index (χ3v) is 2.94. The molecule has 1 N–H and O–H groups in total. The first-order chi connectivity index (χ1) is 7.66. The minimum absolute atomic E-state index is 0.120. The zero-order chi connectivity index (χ0) is 12.2. The Balaban J connectivity index is 3.21. The minimum Gasteiger partial charge on any atom is -0.393 e. The number of aliphatic hydroxyl groups excluding tert-OH is 1. The van der Waals surface area contributed by atoms with E-state index in [0.717, 1.165) is 12.8 Å². The predicted octanol–water partition coefficient (Wildman–Crippen LogP) is 4.84.